The van der Waals surface area contributed by atoms with E-state index in [0.29, 0.717) is 6.42 Å². The average molecular weight is 316 g/mol. The van der Waals surface area contributed by atoms with Crippen LogP contribution in [0.1, 0.15) is 34.6 Å². The van der Waals surface area contributed by atoms with Crippen LogP contribution in [0.2, 0.25) is 0 Å². The zero-order valence-electron chi connectivity index (χ0n) is 9.96. The van der Waals surface area contributed by atoms with E-state index in [-0.39, 0.29) is 80.6 Å². The molecule has 1 atom stereocenters. The molecule has 1 unspecified atom stereocenters. The predicted molar refractivity (Wildman–Crippen MR) is 57.8 cm³/mol. The summed E-state index contributed by atoms with van der Waals surface area (Å²) in [5.41, 5.74) is 0. The van der Waals surface area contributed by atoms with Gasteiger partial charge in [0.05, 0.1) is 6.61 Å². The number of carbonyl (C=O) groups is 2. The number of rotatable bonds is 6. The van der Waals surface area contributed by atoms with Crippen LogP contribution in [-0.4, -0.2) is 36.8 Å². The molecule has 0 aromatic heterocycles. The van der Waals surface area contributed by atoms with Gasteiger partial charge in [-0.3, -0.25) is 4.79 Å². The Balaban J connectivity index is -0.000000163. The van der Waals surface area contributed by atoms with Gasteiger partial charge in [-0.15, -0.1) is 0 Å². The number of ether oxygens (including phenoxy) is 1. The molecule has 0 heterocycles. The van der Waals surface area contributed by atoms with E-state index in [2.05, 4.69) is 4.74 Å². The minimum absolute atomic E-state index is 0. The SMILES string of the molecule is C.C.CCCOC(=O)C(CC(=O)[O-])S(=O)(=O)[O-].[Na+].[Na+]. The van der Waals surface area contributed by atoms with Crippen molar-refractivity contribution in [3.8, 4) is 0 Å². The molecule has 0 N–H and O–H groups in total. The summed E-state index contributed by atoms with van der Waals surface area (Å²) >= 11 is 0. The molecule has 0 amide bonds. The first-order valence-electron chi connectivity index (χ1n) is 4.10. The van der Waals surface area contributed by atoms with E-state index >= 15 is 0 Å². The van der Waals surface area contributed by atoms with Crippen LogP contribution in [0, 0.1) is 0 Å². The third-order valence-electron chi connectivity index (χ3n) is 1.41. The van der Waals surface area contributed by atoms with Crippen LogP contribution in [0.3, 0.4) is 0 Å². The molecule has 19 heavy (non-hydrogen) atoms. The van der Waals surface area contributed by atoms with Crippen LogP contribution in [0.5, 0.6) is 0 Å². The van der Waals surface area contributed by atoms with Crippen LogP contribution in [0.25, 0.3) is 0 Å². The smallest absolute Gasteiger partial charge is 0.747 e. The molecule has 0 aromatic carbocycles. The molecule has 0 aliphatic heterocycles. The van der Waals surface area contributed by atoms with E-state index in [1.54, 1.807) is 6.92 Å². The van der Waals surface area contributed by atoms with E-state index < -0.39 is 33.7 Å². The van der Waals surface area contributed by atoms with Crippen molar-refractivity contribution in [2.45, 2.75) is 39.9 Å². The first-order valence-corrected chi connectivity index (χ1v) is 5.57. The van der Waals surface area contributed by atoms with Gasteiger partial charge in [-0.05, 0) is 6.42 Å². The quantitative estimate of drug-likeness (QED) is 0.271. The van der Waals surface area contributed by atoms with Gasteiger partial charge in [0.25, 0.3) is 0 Å². The van der Waals surface area contributed by atoms with Gasteiger partial charge in [0.15, 0.2) is 5.25 Å². The average Bonchev–Trinajstić information content (AvgIpc) is 2.08. The summed E-state index contributed by atoms with van der Waals surface area (Å²) in [7, 11) is -5.04. The largest absolute Gasteiger partial charge is 1.00 e. The van der Waals surface area contributed by atoms with E-state index in [0.717, 1.165) is 0 Å². The van der Waals surface area contributed by atoms with Gasteiger partial charge < -0.3 is 19.2 Å². The minimum atomic E-state index is -5.04. The van der Waals surface area contributed by atoms with Crippen molar-refractivity contribution in [3.05, 3.63) is 0 Å². The molecule has 0 aromatic rings. The zero-order chi connectivity index (χ0) is 12.1. The van der Waals surface area contributed by atoms with Gasteiger partial charge in [-0.25, -0.2) is 8.42 Å². The summed E-state index contributed by atoms with van der Waals surface area (Å²) in [5, 5.41) is 7.88. The fraction of sp³-hybridized carbons (Fsp3) is 0.778. The molecule has 0 bridgehead atoms. The van der Waals surface area contributed by atoms with Crippen molar-refractivity contribution >= 4 is 22.1 Å². The zero-order valence-corrected chi connectivity index (χ0v) is 14.8. The maximum Gasteiger partial charge on any atom is 1.00 e. The van der Waals surface area contributed by atoms with Crippen molar-refractivity contribution in [2.75, 3.05) is 6.61 Å². The molecule has 0 rings (SSSR count). The maximum atomic E-state index is 11.0. The Morgan fingerprint density at radius 2 is 1.63 bits per heavy atom. The van der Waals surface area contributed by atoms with Crippen LogP contribution >= 0.6 is 0 Å². The maximum absolute atomic E-state index is 11.0. The van der Waals surface area contributed by atoms with E-state index in [9.17, 15) is 27.7 Å². The normalized spacial score (nSPS) is 10.4. The molecule has 0 aliphatic rings. The Morgan fingerprint density at radius 3 is 1.89 bits per heavy atom. The first-order chi connectivity index (χ1) is 6.79. The Bertz CT molecular complexity index is 342. The fourth-order valence-electron chi connectivity index (χ4n) is 0.750. The van der Waals surface area contributed by atoms with Gasteiger partial charge in [0.2, 0.25) is 0 Å². The molecule has 104 valence electrons. The number of carbonyl (C=O) groups excluding carboxylic acids is 2. The standard InChI is InChI=1S/C7H12O7S.2CH4.2Na/c1-2-3-14-7(10)5(4-6(8)9)15(11,12)13;;;;/h5H,2-4H2,1H3,(H,8,9)(H,11,12,13);2*1H4;;/q;;;2*+1/p-2. The number of carboxylic acids is 1. The Hall–Kier alpha value is 0.850. The van der Waals surface area contributed by atoms with E-state index in [1.807, 2.05) is 0 Å². The van der Waals surface area contributed by atoms with Crippen molar-refractivity contribution < 1.29 is 91.5 Å². The summed E-state index contributed by atoms with van der Waals surface area (Å²) in [6.07, 6.45) is -0.753. The van der Waals surface area contributed by atoms with Crippen LogP contribution in [0.4, 0.5) is 0 Å². The number of hydrogen-bond acceptors (Lipinski definition) is 7. The second-order valence-electron chi connectivity index (χ2n) is 2.73. The van der Waals surface area contributed by atoms with Crippen molar-refractivity contribution in [1.82, 2.24) is 0 Å². The van der Waals surface area contributed by atoms with Gasteiger partial charge in [0, 0.05) is 12.4 Å². The molecule has 0 spiro atoms. The number of hydrogen-bond donors (Lipinski definition) is 0. The monoisotopic (exact) mass is 316 g/mol. The molecule has 0 saturated carbocycles. The molecular weight excluding hydrogens is 298 g/mol. The first kappa shape index (κ1) is 32.0. The number of carboxylic acid groups (broad SMARTS) is 1. The molecule has 0 fully saturated rings. The van der Waals surface area contributed by atoms with E-state index in [4.69, 9.17) is 0 Å². The van der Waals surface area contributed by atoms with Gasteiger partial charge in [-0.2, -0.15) is 0 Å². The third kappa shape index (κ3) is 15.1. The van der Waals surface area contributed by atoms with Crippen LogP contribution in [-0.2, 0) is 24.4 Å². The fourth-order valence-corrected chi connectivity index (χ4v) is 1.39. The number of aliphatic carboxylic acids is 1. The third-order valence-corrected chi connectivity index (χ3v) is 2.47. The summed E-state index contributed by atoms with van der Waals surface area (Å²) in [6, 6.07) is 0. The summed E-state index contributed by atoms with van der Waals surface area (Å²) in [5.74, 6) is -3.15. The Labute approximate surface area is 158 Å². The minimum Gasteiger partial charge on any atom is -0.747 e. The number of esters is 1. The Kier molecular flexibility index (Phi) is 25.7. The molecule has 7 nitrogen and oxygen atoms in total. The van der Waals surface area contributed by atoms with Gasteiger partial charge in [-0.1, -0.05) is 21.8 Å². The van der Waals surface area contributed by atoms with Gasteiger partial charge in [0.1, 0.15) is 10.1 Å². The summed E-state index contributed by atoms with van der Waals surface area (Å²) < 4.78 is 35.9. The predicted octanol–water partition coefficient (Wildman–Crippen LogP) is -6.73. The van der Waals surface area contributed by atoms with Crippen molar-refractivity contribution in [2.24, 2.45) is 0 Å². The molecule has 0 radical (unpaired) electrons. The molecule has 10 heteroatoms. The van der Waals surface area contributed by atoms with E-state index in [1.165, 1.54) is 0 Å². The topological polar surface area (TPSA) is 124 Å². The van der Waals surface area contributed by atoms with Crippen LogP contribution in [0.15, 0.2) is 0 Å². The molecular formula is C9H18Na2O7S. The molecule has 0 saturated heterocycles. The second kappa shape index (κ2) is 15.2. The molecule has 0 aliphatic carbocycles. The summed E-state index contributed by atoms with van der Waals surface area (Å²) in [4.78, 5) is 21.1. The summed E-state index contributed by atoms with van der Waals surface area (Å²) in [6.45, 7) is 1.59. The Morgan fingerprint density at radius 1 is 1.21 bits per heavy atom. The van der Waals surface area contributed by atoms with Crippen LogP contribution < -0.4 is 64.2 Å². The van der Waals surface area contributed by atoms with Gasteiger partial charge >= 0.3 is 65.1 Å². The van der Waals surface area contributed by atoms with Crippen molar-refractivity contribution in [3.63, 3.8) is 0 Å². The second-order valence-corrected chi connectivity index (χ2v) is 4.28. The van der Waals surface area contributed by atoms with Crippen molar-refractivity contribution in [1.29, 1.82) is 0 Å².